The molecular weight excluding hydrogens is 288 g/mol. The van der Waals surface area contributed by atoms with E-state index in [9.17, 15) is 4.79 Å². The molecule has 0 aliphatic heterocycles. The molecule has 2 aromatic rings. The van der Waals surface area contributed by atoms with Crippen molar-refractivity contribution in [1.29, 1.82) is 0 Å². The Morgan fingerprint density at radius 1 is 1.17 bits per heavy atom. The third-order valence-electron chi connectivity index (χ3n) is 3.78. The molecule has 1 heterocycles. The van der Waals surface area contributed by atoms with E-state index in [2.05, 4.69) is 32.7 Å². The van der Waals surface area contributed by atoms with Crippen molar-refractivity contribution in [2.24, 2.45) is 0 Å². The lowest BCUT2D eigenvalue weighted by atomic mass is 10.1. The molecule has 0 spiro atoms. The van der Waals surface area contributed by atoms with E-state index < -0.39 is 0 Å². The van der Waals surface area contributed by atoms with Crippen LogP contribution in [0.4, 0.5) is 5.69 Å². The standard InChI is InChI=1S/C18H24N4O/c1-13(19-2)10-21-18(23)16-9-15(11-20-12-16)14-5-7-17(8-6-14)22(3)4/h5-9,11-13,19H,10H2,1-4H3,(H,21,23). The van der Waals surface area contributed by atoms with E-state index in [0.717, 1.165) is 16.8 Å². The Labute approximate surface area is 137 Å². The van der Waals surface area contributed by atoms with Crippen LogP contribution < -0.4 is 15.5 Å². The number of aromatic nitrogens is 1. The molecule has 5 nitrogen and oxygen atoms in total. The fraction of sp³-hybridized carbons (Fsp3) is 0.333. The Balaban J connectivity index is 2.14. The molecule has 2 N–H and O–H groups in total. The van der Waals surface area contributed by atoms with Crippen molar-refractivity contribution >= 4 is 11.6 Å². The number of nitrogens with zero attached hydrogens (tertiary/aromatic N) is 2. The van der Waals surface area contributed by atoms with Gasteiger partial charge in [-0.05, 0) is 37.7 Å². The van der Waals surface area contributed by atoms with E-state index in [4.69, 9.17) is 0 Å². The minimum Gasteiger partial charge on any atom is -0.378 e. The SMILES string of the molecule is CNC(C)CNC(=O)c1cncc(-c2ccc(N(C)C)cc2)c1. The molecule has 0 radical (unpaired) electrons. The van der Waals surface area contributed by atoms with E-state index in [1.54, 1.807) is 12.4 Å². The number of hydrogen-bond donors (Lipinski definition) is 2. The molecular formula is C18H24N4O. The monoisotopic (exact) mass is 312 g/mol. The Morgan fingerprint density at radius 2 is 1.87 bits per heavy atom. The number of anilines is 1. The maximum Gasteiger partial charge on any atom is 0.252 e. The van der Waals surface area contributed by atoms with Crippen LogP contribution in [0, 0.1) is 0 Å². The molecule has 0 aliphatic carbocycles. The molecule has 0 bridgehead atoms. The number of rotatable bonds is 6. The summed E-state index contributed by atoms with van der Waals surface area (Å²) in [6, 6.07) is 10.3. The first kappa shape index (κ1) is 17.0. The average molecular weight is 312 g/mol. The first-order chi connectivity index (χ1) is 11.0. The Hall–Kier alpha value is -2.40. The molecule has 1 unspecified atom stereocenters. The number of nitrogens with one attached hydrogen (secondary N) is 2. The average Bonchev–Trinajstić information content (AvgIpc) is 2.59. The van der Waals surface area contributed by atoms with Gasteiger partial charge in [-0.3, -0.25) is 9.78 Å². The van der Waals surface area contributed by atoms with Crippen LogP contribution in [0.1, 0.15) is 17.3 Å². The summed E-state index contributed by atoms with van der Waals surface area (Å²) in [5.41, 5.74) is 3.69. The first-order valence-corrected chi connectivity index (χ1v) is 7.69. The van der Waals surface area contributed by atoms with E-state index in [0.29, 0.717) is 12.1 Å². The number of amides is 1. The van der Waals surface area contributed by atoms with Crippen LogP contribution in [-0.4, -0.2) is 44.6 Å². The van der Waals surface area contributed by atoms with Crippen molar-refractivity contribution in [3.05, 3.63) is 48.3 Å². The van der Waals surface area contributed by atoms with Crippen molar-refractivity contribution in [2.75, 3.05) is 32.6 Å². The predicted molar refractivity (Wildman–Crippen MR) is 94.9 cm³/mol. The van der Waals surface area contributed by atoms with Gasteiger partial charge in [-0.1, -0.05) is 12.1 Å². The summed E-state index contributed by atoms with van der Waals surface area (Å²) in [7, 11) is 5.89. The normalized spacial score (nSPS) is 11.8. The molecule has 1 amide bonds. The van der Waals surface area contributed by atoms with Gasteiger partial charge in [0.2, 0.25) is 0 Å². The third-order valence-corrected chi connectivity index (χ3v) is 3.78. The van der Waals surface area contributed by atoms with Crippen LogP contribution >= 0.6 is 0 Å². The molecule has 2 rings (SSSR count). The Kier molecular flexibility index (Phi) is 5.71. The van der Waals surface area contributed by atoms with Gasteiger partial charge in [0.1, 0.15) is 0 Å². The number of likely N-dealkylation sites (N-methyl/N-ethyl adjacent to an activating group) is 1. The van der Waals surface area contributed by atoms with Crippen LogP contribution in [-0.2, 0) is 0 Å². The highest BCUT2D eigenvalue weighted by Crippen LogP contribution is 2.22. The summed E-state index contributed by atoms with van der Waals surface area (Å²) in [5, 5.41) is 5.99. The van der Waals surface area contributed by atoms with Gasteiger partial charge < -0.3 is 15.5 Å². The van der Waals surface area contributed by atoms with Crippen molar-refractivity contribution in [1.82, 2.24) is 15.6 Å². The van der Waals surface area contributed by atoms with E-state index in [1.165, 1.54) is 0 Å². The molecule has 1 atom stereocenters. The third kappa shape index (κ3) is 4.53. The fourth-order valence-electron chi connectivity index (χ4n) is 2.12. The quantitative estimate of drug-likeness (QED) is 0.858. The molecule has 5 heteroatoms. The summed E-state index contributed by atoms with van der Waals surface area (Å²) in [6.45, 7) is 2.60. The minimum absolute atomic E-state index is 0.105. The van der Waals surface area contributed by atoms with Crippen molar-refractivity contribution in [2.45, 2.75) is 13.0 Å². The van der Waals surface area contributed by atoms with Crippen LogP contribution in [0.15, 0.2) is 42.7 Å². The second-order valence-electron chi connectivity index (χ2n) is 5.80. The molecule has 0 fully saturated rings. The van der Waals surface area contributed by atoms with Gasteiger partial charge in [-0.15, -0.1) is 0 Å². The summed E-state index contributed by atoms with van der Waals surface area (Å²) in [6.07, 6.45) is 3.37. The van der Waals surface area contributed by atoms with Gasteiger partial charge in [-0.2, -0.15) is 0 Å². The lowest BCUT2D eigenvalue weighted by Gasteiger charge is -2.13. The van der Waals surface area contributed by atoms with Gasteiger partial charge in [-0.25, -0.2) is 0 Å². The van der Waals surface area contributed by atoms with Gasteiger partial charge in [0.05, 0.1) is 5.56 Å². The molecule has 0 saturated carbocycles. The second kappa shape index (κ2) is 7.74. The summed E-state index contributed by atoms with van der Waals surface area (Å²) in [5.74, 6) is -0.105. The molecule has 1 aromatic heterocycles. The van der Waals surface area contributed by atoms with Crippen molar-refractivity contribution < 1.29 is 4.79 Å². The highest BCUT2D eigenvalue weighted by molar-refractivity contribution is 5.95. The zero-order valence-corrected chi connectivity index (χ0v) is 14.1. The lowest BCUT2D eigenvalue weighted by molar-refractivity contribution is 0.0950. The Morgan fingerprint density at radius 3 is 2.48 bits per heavy atom. The topological polar surface area (TPSA) is 57.3 Å². The lowest BCUT2D eigenvalue weighted by Crippen LogP contribution is -2.37. The summed E-state index contributed by atoms with van der Waals surface area (Å²) >= 11 is 0. The van der Waals surface area contributed by atoms with Crippen LogP contribution in [0.3, 0.4) is 0 Å². The van der Waals surface area contributed by atoms with E-state index >= 15 is 0 Å². The van der Waals surface area contributed by atoms with Gasteiger partial charge >= 0.3 is 0 Å². The number of benzene rings is 1. The van der Waals surface area contributed by atoms with Crippen LogP contribution in [0.2, 0.25) is 0 Å². The Bertz CT molecular complexity index is 652. The summed E-state index contributed by atoms with van der Waals surface area (Å²) in [4.78, 5) is 18.5. The van der Waals surface area contributed by atoms with Gasteiger partial charge in [0, 0.05) is 50.3 Å². The van der Waals surface area contributed by atoms with Crippen LogP contribution in [0.5, 0.6) is 0 Å². The number of carbonyl (C=O) groups is 1. The van der Waals surface area contributed by atoms with Crippen molar-refractivity contribution in [3.8, 4) is 11.1 Å². The highest BCUT2D eigenvalue weighted by atomic mass is 16.1. The second-order valence-corrected chi connectivity index (χ2v) is 5.80. The predicted octanol–water partition coefficient (Wildman–Crippen LogP) is 2.15. The van der Waals surface area contributed by atoms with Gasteiger partial charge in [0.25, 0.3) is 5.91 Å². The van der Waals surface area contributed by atoms with Gasteiger partial charge in [0.15, 0.2) is 0 Å². The first-order valence-electron chi connectivity index (χ1n) is 7.69. The maximum absolute atomic E-state index is 12.2. The number of pyridine rings is 1. The zero-order chi connectivity index (χ0) is 16.8. The van der Waals surface area contributed by atoms with Crippen LogP contribution in [0.25, 0.3) is 11.1 Å². The number of hydrogen-bond acceptors (Lipinski definition) is 4. The minimum atomic E-state index is -0.105. The zero-order valence-electron chi connectivity index (χ0n) is 14.1. The molecule has 1 aromatic carbocycles. The largest absolute Gasteiger partial charge is 0.378 e. The summed E-state index contributed by atoms with van der Waals surface area (Å²) < 4.78 is 0. The smallest absolute Gasteiger partial charge is 0.252 e. The van der Waals surface area contributed by atoms with E-state index in [-0.39, 0.29) is 11.9 Å². The van der Waals surface area contributed by atoms with E-state index in [1.807, 2.05) is 46.3 Å². The molecule has 0 aliphatic rings. The maximum atomic E-state index is 12.2. The highest BCUT2D eigenvalue weighted by Gasteiger charge is 2.09. The fourth-order valence-corrected chi connectivity index (χ4v) is 2.12. The van der Waals surface area contributed by atoms with Crippen molar-refractivity contribution in [3.63, 3.8) is 0 Å². The molecule has 23 heavy (non-hydrogen) atoms. The molecule has 122 valence electrons. The number of carbonyl (C=O) groups excluding carboxylic acids is 1. The molecule has 0 saturated heterocycles.